The van der Waals surface area contributed by atoms with Crippen LogP contribution in [0.2, 0.25) is 0 Å². The topological polar surface area (TPSA) is 41.0 Å². The van der Waals surface area contributed by atoms with Gasteiger partial charge in [0.2, 0.25) is 0 Å². The molecule has 0 atom stereocenters. The third-order valence-corrected chi connectivity index (χ3v) is 2.57. The Morgan fingerprint density at radius 3 is 2.76 bits per heavy atom. The molecule has 0 saturated heterocycles. The third-order valence-electron chi connectivity index (χ3n) is 2.57. The largest absolute Gasteiger partial charge is 0.370 e. The lowest BCUT2D eigenvalue weighted by molar-refractivity contribution is 0.396. The van der Waals surface area contributed by atoms with Gasteiger partial charge >= 0.3 is 0 Å². The molecule has 4 heteroatoms. The molecule has 0 radical (unpaired) electrons. The predicted molar refractivity (Wildman–Crippen MR) is 72.3 cm³/mol. The average Bonchev–Trinajstić information content (AvgIpc) is 2.29. The highest BCUT2D eigenvalue weighted by Gasteiger charge is 1.97. The number of unbranched alkanes of at least 4 members (excludes halogenated alkanes) is 1. The van der Waals surface area contributed by atoms with Gasteiger partial charge in [0.15, 0.2) is 0 Å². The number of hydrogen-bond acceptors (Lipinski definition) is 4. The van der Waals surface area contributed by atoms with Gasteiger partial charge in [-0.1, -0.05) is 13.3 Å². The molecule has 0 spiro atoms. The lowest BCUT2D eigenvalue weighted by Gasteiger charge is -2.10. The molecule has 0 aliphatic carbocycles. The van der Waals surface area contributed by atoms with Crippen molar-refractivity contribution in [3.8, 4) is 0 Å². The lowest BCUT2D eigenvalue weighted by atomic mass is 10.2. The minimum absolute atomic E-state index is 0.952. The minimum Gasteiger partial charge on any atom is -0.370 e. The van der Waals surface area contributed by atoms with Gasteiger partial charge in [-0.3, -0.25) is 0 Å². The van der Waals surface area contributed by atoms with E-state index in [0.29, 0.717) is 0 Å². The highest BCUT2D eigenvalue weighted by atomic mass is 15.0. The molecule has 0 aromatic carbocycles. The Bertz CT molecular complexity index is 312. The molecule has 1 aromatic heterocycles. The summed E-state index contributed by atoms with van der Waals surface area (Å²) in [4.78, 5) is 10.7. The van der Waals surface area contributed by atoms with Crippen LogP contribution in [0.4, 0.5) is 5.82 Å². The first kappa shape index (κ1) is 13.9. The van der Waals surface area contributed by atoms with Crippen molar-refractivity contribution in [1.29, 1.82) is 0 Å². The summed E-state index contributed by atoms with van der Waals surface area (Å²) < 4.78 is 0. The van der Waals surface area contributed by atoms with E-state index in [4.69, 9.17) is 0 Å². The van der Waals surface area contributed by atoms with Gasteiger partial charge in [0, 0.05) is 18.3 Å². The molecule has 0 bridgehead atoms. The molecule has 1 rings (SSSR count). The quantitative estimate of drug-likeness (QED) is 0.702. The van der Waals surface area contributed by atoms with Gasteiger partial charge in [0.25, 0.3) is 0 Å². The molecule has 0 saturated carbocycles. The maximum Gasteiger partial charge on any atom is 0.129 e. The van der Waals surface area contributed by atoms with E-state index in [1.54, 1.807) is 6.33 Å². The summed E-state index contributed by atoms with van der Waals surface area (Å²) in [5, 5.41) is 3.35. The number of nitrogens with zero attached hydrogens (tertiary/aromatic N) is 3. The Balaban J connectivity index is 2.24. The maximum atomic E-state index is 4.24. The number of anilines is 1. The molecule has 4 nitrogen and oxygen atoms in total. The fourth-order valence-electron chi connectivity index (χ4n) is 1.66. The van der Waals surface area contributed by atoms with E-state index in [2.05, 4.69) is 47.3 Å². The number of rotatable bonds is 8. The Morgan fingerprint density at radius 1 is 1.24 bits per heavy atom. The molecule has 1 aromatic rings. The number of hydrogen-bond donors (Lipinski definition) is 1. The zero-order chi connectivity index (χ0) is 12.5. The first-order valence-corrected chi connectivity index (χ1v) is 6.42. The van der Waals surface area contributed by atoms with Crippen LogP contribution in [0.5, 0.6) is 0 Å². The summed E-state index contributed by atoms with van der Waals surface area (Å²) in [6, 6.07) is 2.05. The second-order valence-electron chi connectivity index (χ2n) is 4.58. The second kappa shape index (κ2) is 8.01. The van der Waals surface area contributed by atoms with Crippen LogP contribution in [0.3, 0.4) is 0 Å². The van der Waals surface area contributed by atoms with Gasteiger partial charge in [-0.15, -0.1) is 0 Å². The van der Waals surface area contributed by atoms with Crippen molar-refractivity contribution in [3.05, 3.63) is 18.1 Å². The van der Waals surface area contributed by atoms with Crippen molar-refractivity contribution in [3.63, 3.8) is 0 Å². The standard InChI is InChI=1S/C13H24N4/c1-4-7-12-10-13(16-11-15-12)14-8-5-6-9-17(2)3/h10-11H,4-9H2,1-3H3,(H,14,15,16). The van der Waals surface area contributed by atoms with Crippen LogP contribution in [0.15, 0.2) is 12.4 Å². The summed E-state index contributed by atoms with van der Waals surface area (Å²) in [7, 11) is 4.21. The monoisotopic (exact) mass is 236 g/mol. The van der Waals surface area contributed by atoms with Crippen molar-refractivity contribution in [1.82, 2.24) is 14.9 Å². The van der Waals surface area contributed by atoms with Crippen molar-refractivity contribution >= 4 is 5.82 Å². The molecule has 0 aliphatic heterocycles. The summed E-state index contributed by atoms with van der Waals surface area (Å²) >= 11 is 0. The highest BCUT2D eigenvalue weighted by molar-refractivity contribution is 5.34. The predicted octanol–water partition coefficient (Wildman–Crippen LogP) is 2.18. The van der Waals surface area contributed by atoms with Crippen molar-refractivity contribution in [2.75, 3.05) is 32.5 Å². The van der Waals surface area contributed by atoms with Crippen LogP contribution in [-0.4, -0.2) is 42.1 Å². The fourth-order valence-corrected chi connectivity index (χ4v) is 1.66. The molecular formula is C13H24N4. The van der Waals surface area contributed by atoms with Crippen molar-refractivity contribution in [2.24, 2.45) is 0 Å². The van der Waals surface area contributed by atoms with Crippen LogP contribution < -0.4 is 5.32 Å². The van der Waals surface area contributed by atoms with Crippen LogP contribution in [0.25, 0.3) is 0 Å². The summed E-state index contributed by atoms with van der Waals surface area (Å²) in [5.41, 5.74) is 1.12. The molecule has 0 aliphatic rings. The second-order valence-corrected chi connectivity index (χ2v) is 4.58. The van der Waals surface area contributed by atoms with E-state index in [-0.39, 0.29) is 0 Å². The normalized spacial score (nSPS) is 10.8. The molecule has 1 heterocycles. The van der Waals surface area contributed by atoms with Gasteiger partial charge in [0.1, 0.15) is 12.1 Å². The summed E-state index contributed by atoms with van der Waals surface area (Å²) in [6.07, 6.45) is 6.18. The zero-order valence-electron chi connectivity index (χ0n) is 11.2. The van der Waals surface area contributed by atoms with Gasteiger partial charge in [0.05, 0.1) is 0 Å². The lowest BCUT2D eigenvalue weighted by Crippen LogP contribution is -2.14. The van der Waals surface area contributed by atoms with Crippen LogP contribution in [0.1, 0.15) is 31.9 Å². The Labute approximate surface area is 104 Å². The molecule has 0 unspecified atom stereocenters. The zero-order valence-corrected chi connectivity index (χ0v) is 11.2. The average molecular weight is 236 g/mol. The van der Waals surface area contributed by atoms with E-state index in [0.717, 1.165) is 37.4 Å². The first-order valence-electron chi connectivity index (χ1n) is 6.42. The molecule has 1 N–H and O–H groups in total. The maximum absolute atomic E-state index is 4.24. The van der Waals surface area contributed by atoms with Gasteiger partial charge in [-0.2, -0.15) is 0 Å². The van der Waals surface area contributed by atoms with Crippen LogP contribution >= 0.6 is 0 Å². The molecule has 0 fully saturated rings. The van der Waals surface area contributed by atoms with Gasteiger partial charge in [-0.25, -0.2) is 9.97 Å². The van der Waals surface area contributed by atoms with Gasteiger partial charge < -0.3 is 10.2 Å². The minimum atomic E-state index is 0.952. The third kappa shape index (κ3) is 6.22. The van der Waals surface area contributed by atoms with E-state index in [9.17, 15) is 0 Å². The van der Waals surface area contributed by atoms with E-state index >= 15 is 0 Å². The molecular weight excluding hydrogens is 212 g/mol. The fraction of sp³-hybridized carbons (Fsp3) is 0.692. The number of aromatic nitrogens is 2. The van der Waals surface area contributed by atoms with Crippen LogP contribution in [-0.2, 0) is 6.42 Å². The van der Waals surface area contributed by atoms with E-state index in [1.165, 1.54) is 12.8 Å². The number of nitrogens with one attached hydrogen (secondary N) is 1. The first-order chi connectivity index (χ1) is 8.22. The Kier molecular flexibility index (Phi) is 6.55. The van der Waals surface area contributed by atoms with E-state index in [1.807, 2.05) is 0 Å². The smallest absolute Gasteiger partial charge is 0.129 e. The summed E-state index contributed by atoms with van der Waals surface area (Å²) in [5.74, 6) is 0.952. The van der Waals surface area contributed by atoms with Crippen LogP contribution in [0, 0.1) is 0 Å². The van der Waals surface area contributed by atoms with Crippen molar-refractivity contribution in [2.45, 2.75) is 32.6 Å². The highest BCUT2D eigenvalue weighted by Crippen LogP contribution is 2.06. The molecule has 17 heavy (non-hydrogen) atoms. The molecule has 0 amide bonds. The number of aryl methyl sites for hydroxylation is 1. The summed E-state index contributed by atoms with van der Waals surface area (Å²) in [6.45, 7) is 4.29. The van der Waals surface area contributed by atoms with Gasteiger partial charge in [-0.05, 0) is 39.9 Å². The Hall–Kier alpha value is -1.16. The Morgan fingerprint density at radius 2 is 2.06 bits per heavy atom. The molecule has 96 valence electrons. The van der Waals surface area contributed by atoms with Crippen molar-refractivity contribution < 1.29 is 0 Å². The van der Waals surface area contributed by atoms with E-state index < -0.39 is 0 Å². The SMILES string of the molecule is CCCc1cc(NCCCCN(C)C)ncn1.